The minimum atomic E-state index is -1.05. The van der Waals surface area contributed by atoms with Crippen LogP contribution in [0, 0.1) is 5.82 Å². The van der Waals surface area contributed by atoms with Gasteiger partial charge in [0.25, 0.3) is 11.8 Å². The molecule has 0 spiro atoms. The van der Waals surface area contributed by atoms with E-state index in [0.29, 0.717) is 12.1 Å². The summed E-state index contributed by atoms with van der Waals surface area (Å²) in [6, 6.07) is 1.27. The first-order valence-corrected chi connectivity index (χ1v) is 8.93. The van der Waals surface area contributed by atoms with Crippen molar-refractivity contribution in [2.24, 2.45) is 0 Å². The molecule has 1 atom stereocenters. The molecule has 2 N–H and O–H groups in total. The zero-order valence-electron chi connectivity index (χ0n) is 14.6. The van der Waals surface area contributed by atoms with Crippen LogP contribution in [-0.2, 0) is 16.1 Å². The van der Waals surface area contributed by atoms with Crippen molar-refractivity contribution < 1.29 is 23.6 Å². The molecular weight excluding hydrogens is 355 g/mol. The Morgan fingerprint density at radius 2 is 1.81 bits per heavy atom. The molecule has 4 amide bonds. The fourth-order valence-corrected chi connectivity index (χ4v) is 3.87. The van der Waals surface area contributed by atoms with Gasteiger partial charge >= 0.3 is 0 Å². The Morgan fingerprint density at radius 1 is 1.07 bits per heavy atom. The lowest BCUT2D eigenvalue weighted by atomic mass is 10.0. The molecule has 2 fully saturated rings. The molecule has 27 heavy (non-hydrogen) atoms. The number of benzene rings is 1. The number of nitrogens with one attached hydrogen (secondary N) is 2. The van der Waals surface area contributed by atoms with Crippen LogP contribution in [-0.4, -0.2) is 65.6 Å². The van der Waals surface area contributed by atoms with E-state index >= 15 is 0 Å². The molecule has 0 bridgehead atoms. The van der Waals surface area contributed by atoms with Crippen LogP contribution in [0.2, 0.25) is 0 Å². The van der Waals surface area contributed by atoms with Crippen molar-refractivity contribution in [1.82, 2.24) is 20.4 Å². The summed E-state index contributed by atoms with van der Waals surface area (Å²) >= 11 is 0. The Labute approximate surface area is 154 Å². The van der Waals surface area contributed by atoms with Gasteiger partial charge in [0.05, 0.1) is 11.1 Å². The maximum atomic E-state index is 14.1. The van der Waals surface area contributed by atoms with Crippen LogP contribution < -0.4 is 10.6 Å². The lowest BCUT2D eigenvalue weighted by Gasteiger charge is -2.28. The van der Waals surface area contributed by atoms with Gasteiger partial charge in [-0.3, -0.25) is 34.3 Å². The molecule has 3 aliphatic heterocycles. The number of imide groups is 2. The van der Waals surface area contributed by atoms with Gasteiger partial charge < -0.3 is 5.32 Å². The van der Waals surface area contributed by atoms with Gasteiger partial charge in [-0.15, -0.1) is 0 Å². The van der Waals surface area contributed by atoms with Crippen molar-refractivity contribution in [2.75, 3.05) is 26.2 Å². The number of piperazine rings is 1. The summed E-state index contributed by atoms with van der Waals surface area (Å²) in [5.41, 5.74) is 0.583. The lowest BCUT2D eigenvalue weighted by molar-refractivity contribution is -0.136. The van der Waals surface area contributed by atoms with Gasteiger partial charge in [0.15, 0.2) is 0 Å². The van der Waals surface area contributed by atoms with Gasteiger partial charge in [0, 0.05) is 39.1 Å². The number of carbonyl (C=O) groups excluding carboxylic acids is 4. The van der Waals surface area contributed by atoms with Gasteiger partial charge in [-0.2, -0.15) is 0 Å². The van der Waals surface area contributed by atoms with Crippen molar-refractivity contribution in [1.29, 1.82) is 0 Å². The van der Waals surface area contributed by atoms with Crippen LogP contribution >= 0.6 is 0 Å². The lowest BCUT2D eigenvalue weighted by Crippen LogP contribution is -2.54. The molecule has 0 aliphatic carbocycles. The molecule has 1 aromatic rings. The number of hydrogen-bond acceptors (Lipinski definition) is 6. The molecule has 1 unspecified atom stereocenters. The molecule has 2 saturated heterocycles. The average molecular weight is 374 g/mol. The molecule has 1 aromatic carbocycles. The number of fused-ring (bicyclic) bond motifs is 1. The Morgan fingerprint density at radius 3 is 2.52 bits per heavy atom. The van der Waals surface area contributed by atoms with Gasteiger partial charge in [-0.1, -0.05) is 0 Å². The molecule has 0 aromatic heterocycles. The summed E-state index contributed by atoms with van der Waals surface area (Å²) in [6.07, 6.45) is 0.123. The molecule has 0 radical (unpaired) electrons. The van der Waals surface area contributed by atoms with Crippen LogP contribution in [0.3, 0.4) is 0 Å². The number of hydrogen-bond donors (Lipinski definition) is 2. The number of piperidine rings is 1. The maximum Gasteiger partial charge on any atom is 0.262 e. The fraction of sp³-hybridized carbons (Fsp3) is 0.444. The maximum absolute atomic E-state index is 14.1. The van der Waals surface area contributed by atoms with Crippen LogP contribution in [0.5, 0.6) is 0 Å². The molecule has 8 nitrogen and oxygen atoms in total. The zero-order chi connectivity index (χ0) is 19.1. The standard InChI is InChI=1S/C18H19FN4O4/c19-11-7-10(9-22-5-3-20-4-6-22)15-12(8-11)17(26)23(18(15)27)13-1-2-14(24)21-16(13)25/h7-8,13,20H,1-6,9H2,(H,21,24,25). The molecule has 0 saturated carbocycles. The van der Waals surface area contributed by atoms with Crippen molar-refractivity contribution in [3.05, 3.63) is 34.6 Å². The third-order valence-electron chi connectivity index (χ3n) is 5.19. The Balaban J connectivity index is 1.67. The van der Waals surface area contributed by atoms with Crippen molar-refractivity contribution in [3.8, 4) is 0 Å². The van der Waals surface area contributed by atoms with E-state index in [0.717, 1.165) is 37.1 Å². The first-order valence-electron chi connectivity index (χ1n) is 8.93. The number of halogens is 1. The monoisotopic (exact) mass is 374 g/mol. The van der Waals surface area contributed by atoms with E-state index in [1.807, 2.05) is 0 Å². The van der Waals surface area contributed by atoms with E-state index in [1.165, 1.54) is 6.07 Å². The molecule has 3 aliphatic rings. The highest BCUT2D eigenvalue weighted by atomic mass is 19.1. The summed E-state index contributed by atoms with van der Waals surface area (Å²) < 4.78 is 14.1. The SMILES string of the molecule is O=C1CCC(N2C(=O)c3cc(F)cc(CN4CCNCC4)c3C2=O)C(=O)N1. The number of rotatable bonds is 3. The van der Waals surface area contributed by atoms with Crippen molar-refractivity contribution >= 4 is 23.6 Å². The number of nitrogens with zero attached hydrogens (tertiary/aromatic N) is 2. The normalized spacial score (nSPS) is 23.6. The topological polar surface area (TPSA) is 98.8 Å². The highest BCUT2D eigenvalue weighted by Gasteiger charge is 2.45. The van der Waals surface area contributed by atoms with E-state index in [-0.39, 0.29) is 24.0 Å². The predicted octanol–water partition coefficient (Wildman–Crippen LogP) is -0.368. The Bertz CT molecular complexity index is 850. The van der Waals surface area contributed by atoms with Crippen molar-refractivity contribution in [3.63, 3.8) is 0 Å². The molecular formula is C18H19FN4O4. The summed E-state index contributed by atoms with van der Waals surface area (Å²) in [5.74, 6) is -2.99. The predicted molar refractivity (Wildman–Crippen MR) is 91.2 cm³/mol. The second kappa shape index (κ2) is 6.82. The number of amides is 4. The largest absolute Gasteiger partial charge is 0.314 e. The third-order valence-corrected chi connectivity index (χ3v) is 5.19. The highest BCUT2D eigenvalue weighted by Crippen LogP contribution is 2.31. The molecule has 4 rings (SSSR count). The Kier molecular flexibility index (Phi) is 4.48. The Hall–Kier alpha value is -2.65. The third kappa shape index (κ3) is 3.13. The first-order chi connectivity index (χ1) is 13.0. The van der Waals surface area contributed by atoms with Crippen molar-refractivity contribution in [2.45, 2.75) is 25.4 Å². The summed E-state index contributed by atoms with van der Waals surface area (Å²) in [7, 11) is 0. The second-order valence-corrected chi connectivity index (χ2v) is 6.96. The smallest absolute Gasteiger partial charge is 0.262 e. The van der Waals surface area contributed by atoms with Gasteiger partial charge in [0.1, 0.15) is 11.9 Å². The van der Waals surface area contributed by atoms with E-state index in [1.54, 1.807) is 0 Å². The second-order valence-electron chi connectivity index (χ2n) is 6.96. The van der Waals surface area contributed by atoms with Crippen LogP contribution in [0.4, 0.5) is 4.39 Å². The summed E-state index contributed by atoms with van der Waals surface area (Å²) in [5, 5.41) is 5.37. The first kappa shape index (κ1) is 17.7. The molecule has 9 heteroatoms. The van der Waals surface area contributed by atoms with Crippen LogP contribution in [0.15, 0.2) is 12.1 Å². The van der Waals surface area contributed by atoms with Gasteiger partial charge in [0.2, 0.25) is 11.8 Å². The average Bonchev–Trinajstić information content (AvgIpc) is 2.87. The van der Waals surface area contributed by atoms with E-state index in [4.69, 9.17) is 0 Å². The highest BCUT2D eigenvalue weighted by molar-refractivity contribution is 6.24. The molecule has 142 valence electrons. The van der Waals surface area contributed by atoms with Gasteiger partial charge in [-0.05, 0) is 24.1 Å². The van der Waals surface area contributed by atoms with Gasteiger partial charge in [-0.25, -0.2) is 4.39 Å². The zero-order valence-corrected chi connectivity index (χ0v) is 14.6. The van der Waals surface area contributed by atoms with E-state index < -0.39 is 35.5 Å². The van der Waals surface area contributed by atoms with Crippen LogP contribution in [0.1, 0.15) is 39.1 Å². The minimum Gasteiger partial charge on any atom is -0.314 e. The summed E-state index contributed by atoms with van der Waals surface area (Å²) in [4.78, 5) is 52.2. The van der Waals surface area contributed by atoms with Crippen LogP contribution in [0.25, 0.3) is 0 Å². The number of carbonyl (C=O) groups is 4. The summed E-state index contributed by atoms with van der Waals surface area (Å²) in [6.45, 7) is 3.46. The fourth-order valence-electron chi connectivity index (χ4n) is 3.87. The quantitative estimate of drug-likeness (QED) is 0.701. The van der Waals surface area contributed by atoms with E-state index in [9.17, 15) is 23.6 Å². The molecule has 3 heterocycles. The minimum absolute atomic E-state index is 0.0187. The van der Waals surface area contributed by atoms with E-state index in [2.05, 4.69) is 15.5 Å².